The largest absolute Gasteiger partial charge is 0.478 e. The van der Waals surface area contributed by atoms with Crippen LogP contribution in [0, 0.1) is 6.92 Å². The number of carbonyl (C=O) groups excluding carboxylic acids is 2. The number of carboxylic acid groups (broad SMARTS) is 1. The second-order valence-corrected chi connectivity index (χ2v) is 6.09. The number of carboxylic acids is 1. The van der Waals surface area contributed by atoms with Crippen LogP contribution in [-0.2, 0) is 17.9 Å². The Balaban J connectivity index is 1.68. The van der Waals surface area contributed by atoms with Gasteiger partial charge in [-0.05, 0) is 18.6 Å². The summed E-state index contributed by atoms with van der Waals surface area (Å²) in [4.78, 5) is 36.4. The zero-order chi connectivity index (χ0) is 19.8. The number of carbonyl (C=O) groups is 3. The summed E-state index contributed by atoms with van der Waals surface area (Å²) in [5.41, 5.74) is 1.09. The number of rotatable bonds is 8. The quantitative estimate of drug-likeness (QED) is 0.656. The Kier molecular flexibility index (Phi) is 6.99. The van der Waals surface area contributed by atoms with Gasteiger partial charge in [0.25, 0.3) is 0 Å². The molecule has 0 aliphatic rings. The normalized spacial score (nSPS) is 10.3. The summed E-state index contributed by atoms with van der Waals surface area (Å²) < 4.78 is 5.29. The molecule has 1 aromatic heterocycles. The van der Waals surface area contributed by atoms with Crippen LogP contribution in [0.1, 0.15) is 33.9 Å². The van der Waals surface area contributed by atoms with Gasteiger partial charge in [-0.3, -0.25) is 4.79 Å². The van der Waals surface area contributed by atoms with Gasteiger partial charge >= 0.3 is 12.0 Å². The zero-order valence-electron chi connectivity index (χ0n) is 15.3. The van der Waals surface area contributed by atoms with Gasteiger partial charge in [0, 0.05) is 26.6 Å². The van der Waals surface area contributed by atoms with Crippen molar-refractivity contribution in [1.29, 1.82) is 0 Å². The van der Waals surface area contributed by atoms with Gasteiger partial charge < -0.3 is 25.1 Å². The maximum atomic E-state index is 12.0. The van der Waals surface area contributed by atoms with Crippen LogP contribution in [-0.4, -0.2) is 41.5 Å². The Bertz CT molecular complexity index is 801. The van der Waals surface area contributed by atoms with Crippen molar-refractivity contribution >= 4 is 17.9 Å². The molecule has 27 heavy (non-hydrogen) atoms. The number of furan rings is 1. The minimum absolute atomic E-state index is 0.0768. The summed E-state index contributed by atoms with van der Waals surface area (Å²) in [7, 11) is 1.68. The first-order valence-electron chi connectivity index (χ1n) is 8.49. The average Bonchev–Trinajstić information content (AvgIpc) is 3.01. The summed E-state index contributed by atoms with van der Waals surface area (Å²) in [5, 5.41) is 14.3. The van der Waals surface area contributed by atoms with Gasteiger partial charge in [-0.25, -0.2) is 9.59 Å². The van der Waals surface area contributed by atoms with E-state index < -0.39 is 5.97 Å². The smallest absolute Gasteiger partial charge is 0.339 e. The van der Waals surface area contributed by atoms with E-state index in [0.29, 0.717) is 18.1 Å². The van der Waals surface area contributed by atoms with Crippen LogP contribution >= 0.6 is 0 Å². The monoisotopic (exact) mass is 373 g/mol. The first-order valence-corrected chi connectivity index (χ1v) is 8.49. The number of aromatic carboxylic acids is 1. The molecule has 8 nitrogen and oxygen atoms in total. The maximum Gasteiger partial charge on any atom is 0.339 e. The average molecular weight is 373 g/mol. The fraction of sp³-hybridized carbons (Fsp3) is 0.316. The third kappa shape index (κ3) is 6.18. The number of aryl methyl sites for hydroxylation is 1. The molecule has 0 aliphatic carbocycles. The molecule has 0 fully saturated rings. The SMILES string of the molecule is Cc1oc(CNC(=O)CCNC(=O)N(C)Cc2ccccc2)cc1C(=O)O. The Morgan fingerprint density at radius 3 is 2.48 bits per heavy atom. The highest BCUT2D eigenvalue weighted by Gasteiger charge is 2.14. The maximum absolute atomic E-state index is 12.0. The third-order valence-electron chi connectivity index (χ3n) is 3.90. The molecule has 3 amide bonds. The Morgan fingerprint density at radius 1 is 1.15 bits per heavy atom. The minimum atomic E-state index is -1.07. The predicted octanol–water partition coefficient (Wildman–Crippen LogP) is 2.13. The lowest BCUT2D eigenvalue weighted by atomic mass is 10.2. The van der Waals surface area contributed by atoms with E-state index in [-0.39, 0.29) is 37.0 Å². The molecule has 2 aromatic rings. The molecule has 0 spiro atoms. The van der Waals surface area contributed by atoms with E-state index in [1.807, 2.05) is 30.3 Å². The summed E-state index contributed by atoms with van der Waals surface area (Å²) in [5.74, 6) is -0.687. The van der Waals surface area contributed by atoms with E-state index >= 15 is 0 Å². The van der Waals surface area contributed by atoms with Gasteiger partial charge in [0.2, 0.25) is 5.91 Å². The van der Waals surface area contributed by atoms with Crippen molar-refractivity contribution in [2.75, 3.05) is 13.6 Å². The highest BCUT2D eigenvalue weighted by molar-refractivity contribution is 5.88. The van der Waals surface area contributed by atoms with Crippen LogP contribution < -0.4 is 10.6 Å². The number of amides is 3. The molecule has 1 heterocycles. The number of nitrogens with one attached hydrogen (secondary N) is 2. The lowest BCUT2D eigenvalue weighted by Crippen LogP contribution is -2.38. The van der Waals surface area contributed by atoms with Crippen LogP contribution in [0.5, 0.6) is 0 Å². The number of hydrogen-bond donors (Lipinski definition) is 3. The molecule has 1 aromatic carbocycles. The van der Waals surface area contributed by atoms with Crippen LogP contribution in [0.2, 0.25) is 0 Å². The van der Waals surface area contributed by atoms with E-state index in [0.717, 1.165) is 5.56 Å². The standard InChI is InChI=1S/C19H23N3O5/c1-13-16(18(24)25)10-15(27-13)11-21-17(23)8-9-20-19(26)22(2)12-14-6-4-3-5-7-14/h3-7,10H,8-9,11-12H2,1-2H3,(H,20,26)(H,21,23)(H,24,25). The second-order valence-electron chi connectivity index (χ2n) is 6.09. The van der Waals surface area contributed by atoms with Crippen molar-refractivity contribution < 1.29 is 23.9 Å². The fourth-order valence-electron chi connectivity index (χ4n) is 2.46. The first kappa shape index (κ1) is 20.0. The van der Waals surface area contributed by atoms with Gasteiger partial charge in [0.05, 0.1) is 6.54 Å². The van der Waals surface area contributed by atoms with Crippen LogP contribution in [0.4, 0.5) is 4.79 Å². The molecule has 0 radical (unpaired) electrons. The molecular formula is C19H23N3O5. The molecule has 144 valence electrons. The van der Waals surface area contributed by atoms with Crippen molar-refractivity contribution in [3.05, 3.63) is 59.0 Å². The molecule has 3 N–H and O–H groups in total. The van der Waals surface area contributed by atoms with Gasteiger partial charge in [-0.2, -0.15) is 0 Å². The molecular weight excluding hydrogens is 350 g/mol. The lowest BCUT2D eigenvalue weighted by molar-refractivity contribution is -0.121. The molecule has 2 rings (SSSR count). The summed E-state index contributed by atoms with van der Waals surface area (Å²) in [6.45, 7) is 2.31. The van der Waals surface area contributed by atoms with Crippen LogP contribution in [0.15, 0.2) is 40.8 Å². The highest BCUT2D eigenvalue weighted by Crippen LogP contribution is 2.14. The highest BCUT2D eigenvalue weighted by atomic mass is 16.4. The number of urea groups is 1. The molecule has 0 atom stereocenters. The predicted molar refractivity (Wildman–Crippen MR) is 98.2 cm³/mol. The van der Waals surface area contributed by atoms with E-state index in [2.05, 4.69) is 10.6 Å². The molecule has 8 heteroatoms. The van der Waals surface area contributed by atoms with Crippen molar-refractivity contribution in [1.82, 2.24) is 15.5 Å². The molecule has 0 unspecified atom stereocenters. The fourth-order valence-corrected chi connectivity index (χ4v) is 2.46. The van der Waals surface area contributed by atoms with Gasteiger partial charge in [-0.15, -0.1) is 0 Å². The van der Waals surface area contributed by atoms with Crippen molar-refractivity contribution in [3.8, 4) is 0 Å². The number of nitrogens with zero attached hydrogens (tertiary/aromatic N) is 1. The van der Waals surface area contributed by atoms with Crippen molar-refractivity contribution in [2.24, 2.45) is 0 Å². The van der Waals surface area contributed by atoms with Gasteiger partial charge in [0.15, 0.2) is 0 Å². The van der Waals surface area contributed by atoms with E-state index in [9.17, 15) is 14.4 Å². The first-order chi connectivity index (χ1) is 12.9. The van der Waals surface area contributed by atoms with E-state index in [4.69, 9.17) is 9.52 Å². The van der Waals surface area contributed by atoms with Gasteiger partial charge in [0.1, 0.15) is 17.1 Å². The summed E-state index contributed by atoms with van der Waals surface area (Å²) >= 11 is 0. The van der Waals surface area contributed by atoms with E-state index in [1.165, 1.54) is 11.0 Å². The zero-order valence-corrected chi connectivity index (χ0v) is 15.3. The second kappa shape index (κ2) is 9.42. The molecule has 0 saturated carbocycles. The molecule has 0 bridgehead atoms. The lowest BCUT2D eigenvalue weighted by Gasteiger charge is -2.18. The van der Waals surface area contributed by atoms with Crippen LogP contribution in [0.25, 0.3) is 0 Å². The summed E-state index contributed by atoms with van der Waals surface area (Å²) in [6, 6.07) is 10.7. The van der Waals surface area contributed by atoms with Crippen molar-refractivity contribution in [3.63, 3.8) is 0 Å². The Labute approximate surface area is 157 Å². The summed E-state index contributed by atoms with van der Waals surface area (Å²) in [6.07, 6.45) is 0.108. The molecule has 0 aliphatic heterocycles. The third-order valence-corrected chi connectivity index (χ3v) is 3.90. The Morgan fingerprint density at radius 2 is 1.85 bits per heavy atom. The Hall–Kier alpha value is -3.29. The number of hydrogen-bond acceptors (Lipinski definition) is 4. The minimum Gasteiger partial charge on any atom is -0.478 e. The van der Waals surface area contributed by atoms with Crippen molar-refractivity contribution in [2.45, 2.75) is 26.4 Å². The topological polar surface area (TPSA) is 112 Å². The van der Waals surface area contributed by atoms with E-state index in [1.54, 1.807) is 14.0 Å². The van der Waals surface area contributed by atoms with Crippen LogP contribution in [0.3, 0.4) is 0 Å². The number of benzene rings is 1. The molecule has 0 saturated heterocycles. The van der Waals surface area contributed by atoms with Gasteiger partial charge in [-0.1, -0.05) is 30.3 Å².